The van der Waals surface area contributed by atoms with Gasteiger partial charge < -0.3 is 9.32 Å². The molecule has 3 rings (SSSR count). The number of sulfonamides is 1. The van der Waals surface area contributed by atoms with Gasteiger partial charge in [-0.15, -0.1) is 0 Å². The van der Waals surface area contributed by atoms with E-state index in [2.05, 4.69) is 4.72 Å². The van der Waals surface area contributed by atoms with E-state index in [9.17, 15) is 13.2 Å². The van der Waals surface area contributed by atoms with Gasteiger partial charge in [0.1, 0.15) is 5.76 Å². The number of nitrogens with one attached hydrogen (secondary N) is 1. The number of carbonyl (C=O) groups excluding carboxylic acids is 1. The standard InChI is InChI=1S/C20H20N2O4S/c1-15-8-10-19(11-9-15)27(24,25)21-17-6-3-5-16(13-17)20(23)22(2)14-18-7-4-12-26-18/h3-13,21H,14H2,1-2H3. The summed E-state index contributed by atoms with van der Waals surface area (Å²) in [5.74, 6) is 0.435. The fourth-order valence-corrected chi connectivity index (χ4v) is 3.63. The van der Waals surface area contributed by atoms with Crippen LogP contribution in [0.1, 0.15) is 21.7 Å². The van der Waals surface area contributed by atoms with Gasteiger partial charge in [0, 0.05) is 18.3 Å². The summed E-state index contributed by atoms with van der Waals surface area (Å²) in [7, 11) is -2.06. The van der Waals surface area contributed by atoms with Crippen molar-refractivity contribution >= 4 is 21.6 Å². The van der Waals surface area contributed by atoms with Gasteiger partial charge >= 0.3 is 0 Å². The third-order valence-electron chi connectivity index (χ3n) is 4.01. The molecule has 2 aromatic carbocycles. The number of aryl methyl sites for hydroxylation is 1. The van der Waals surface area contributed by atoms with Crippen molar-refractivity contribution in [3.05, 3.63) is 83.8 Å². The van der Waals surface area contributed by atoms with Crippen LogP contribution in [-0.2, 0) is 16.6 Å². The molecule has 0 saturated heterocycles. The maximum Gasteiger partial charge on any atom is 0.261 e. The highest BCUT2D eigenvalue weighted by Gasteiger charge is 2.17. The van der Waals surface area contributed by atoms with Crippen molar-refractivity contribution in [2.45, 2.75) is 18.4 Å². The number of anilines is 1. The van der Waals surface area contributed by atoms with Crippen molar-refractivity contribution < 1.29 is 17.6 Å². The van der Waals surface area contributed by atoms with Crippen molar-refractivity contribution in [3.63, 3.8) is 0 Å². The third-order valence-corrected chi connectivity index (χ3v) is 5.41. The molecule has 0 aliphatic rings. The second-order valence-electron chi connectivity index (χ2n) is 6.24. The largest absolute Gasteiger partial charge is 0.467 e. The Bertz CT molecular complexity index is 1030. The maximum atomic E-state index is 12.6. The number of benzene rings is 2. The quantitative estimate of drug-likeness (QED) is 0.703. The molecule has 140 valence electrons. The van der Waals surface area contributed by atoms with Crippen LogP contribution in [0.15, 0.2) is 76.2 Å². The Hall–Kier alpha value is -3.06. The van der Waals surface area contributed by atoms with Gasteiger partial charge in [0.05, 0.1) is 17.7 Å². The van der Waals surface area contributed by atoms with Gasteiger partial charge in [0.2, 0.25) is 0 Å². The van der Waals surface area contributed by atoms with E-state index in [-0.39, 0.29) is 10.8 Å². The minimum absolute atomic E-state index is 0.166. The van der Waals surface area contributed by atoms with Crippen LogP contribution in [0.25, 0.3) is 0 Å². The second-order valence-corrected chi connectivity index (χ2v) is 7.92. The van der Waals surface area contributed by atoms with Crippen LogP contribution in [0.4, 0.5) is 5.69 Å². The van der Waals surface area contributed by atoms with Crippen molar-refractivity contribution in [3.8, 4) is 0 Å². The Labute approximate surface area is 158 Å². The van der Waals surface area contributed by atoms with Gasteiger partial charge in [0.15, 0.2) is 0 Å². The first kappa shape index (κ1) is 18.7. The predicted octanol–water partition coefficient (Wildman–Crippen LogP) is 3.66. The van der Waals surface area contributed by atoms with Crippen molar-refractivity contribution in [2.75, 3.05) is 11.8 Å². The van der Waals surface area contributed by atoms with Crippen LogP contribution in [0.3, 0.4) is 0 Å². The summed E-state index contributed by atoms with van der Waals surface area (Å²) >= 11 is 0. The van der Waals surface area contributed by atoms with Gasteiger partial charge in [-0.05, 0) is 49.4 Å². The molecule has 1 heterocycles. The summed E-state index contributed by atoms with van der Waals surface area (Å²) in [6, 6.07) is 16.5. The van der Waals surface area contributed by atoms with Crippen LogP contribution >= 0.6 is 0 Å². The lowest BCUT2D eigenvalue weighted by Gasteiger charge is -2.16. The molecule has 0 aliphatic heterocycles. The van der Waals surface area contributed by atoms with E-state index < -0.39 is 10.0 Å². The molecule has 0 radical (unpaired) electrons. The highest BCUT2D eigenvalue weighted by molar-refractivity contribution is 7.92. The molecule has 6 nitrogen and oxygen atoms in total. The Morgan fingerprint density at radius 1 is 1.07 bits per heavy atom. The zero-order chi connectivity index (χ0) is 19.4. The van der Waals surface area contributed by atoms with E-state index in [1.165, 1.54) is 11.0 Å². The van der Waals surface area contributed by atoms with E-state index in [1.54, 1.807) is 67.9 Å². The molecule has 0 atom stereocenters. The molecular weight excluding hydrogens is 364 g/mol. The predicted molar refractivity (Wildman–Crippen MR) is 103 cm³/mol. The average molecular weight is 384 g/mol. The van der Waals surface area contributed by atoms with E-state index in [4.69, 9.17) is 4.42 Å². The van der Waals surface area contributed by atoms with Gasteiger partial charge in [-0.1, -0.05) is 23.8 Å². The minimum atomic E-state index is -3.72. The van der Waals surface area contributed by atoms with E-state index in [1.807, 2.05) is 6.92 Å². The summed E-state index contributed by atoms with van der Waals surface area (Å²) in [4.78, 5) is 14.3. The first-order valence-electron chi connectivity index (χ1n) is 8.32. The smallest absolute Gasteiger partial charge is 0.261 e. The van der Waals surface area contributed by atoms with E-state index in [0.717, 1.165) is 5.56 Å². The SMILES string of the molecule is Cc1ccc(S(=O)(=O)Nc2cccc(C(=O)N(C)Cc3ccco3)c2)cc1. The molecule has 7 heteroatoms. The Kier molecular flexibility index (Phi) is 5.32. The second kappa shape index (κ2) is 7.67. The number of hydrogen-bond acceptors (Lipinski definition) is 4. The molecule has 1 aromatic heterocycles. The number of rotatable bonds is 6. The highest BCUT2D eigenvalue weighted by Crippen LogP contribution is 2.19. The van der Waals surface area contributed by atoms with Crippen LogP contribution in [0, 0.1) is 6.92 Å². The summed E-state index contributed by atoms with van der Waals surface area (Å²) in [6.45, 7) is 2.21. The third kappa shape index (κ3) is 4.57. The molecule has 0 spiro atoms. The van der Waals surface area contributed by atoms with Gasteiger partial charge in [-0.2, -0.15) is 0 Å². The first-order chi connectivity index (χ1) is 12.8. The van der Waals surface area contributed by atoms with Gasteiger partial charge in [0.25, 0.3) is 15.9 Å². The van der Waals surface area contributed by atoms with Crippen molar-refractivity contribution in [1.29, 1.82) is 0 Å². The summed E-state index contributed by atoms with van der Waals surface area (Å²) in [5, 5.41) is 0. The molecule has 0 bridgehead atoms. The number of furan rings is 1. The van der Waals surface area contributed by atoms with E-state index in [0.29, 0.717) is 23.6 Å². The molecular formula is C20H20N2O4S. The van der Waals surface area contributed by atoms with Crippen molar-refractivity contribution in [2.24, 2.45) is 0 Å². The molecule has 1 N–H and O–H groups in total. The van der Waals surface area contributed by atoms with Gasteiger partial charge in [-0.25, -0.2) is 8.42 Å². The topological polar surface area (TPSA) is 79.6 Å². The fraction of sp³-hybridized carbons (Fsp3) is 0.150. The maximum absolute atomic E-state index is 12.6. The lowest BCUT2D eigenvalue weighted by Crippen LogP contribution is -2.26. The Morgan fingerprint density at radius 3 is 2.48 bits per heavy atom. The van der Waals surface area contributed by atoms with Crippen molar-refractivity contribution in [1.82, 2.24) is 4.90 Å². The molecule has 27 heavy (non-hydrogen) atoms. The molecule has 0 aliphatic carbocycles. The monoisotopic (exact) mass is 384 g/mol. The molecule has 3 aromatic rings. The van der Waals surface area contributed by atoms with Crippen LogP contribution in [0.2, 0.25) is 0 Å². The normalized spacial score (nSPS) is 11.2. The zero-order valence-electron chi connectivity index (χ0n) is 15.0. The number of carbonyl (C=O) groups is 1. The minimum Gasteiger partial charge on any atom is -0.467 e. The first-order valence-corrected chi connectivity index (χ1v) is 9.81. The van der Waals surface area contributed by atoms with Gasteiger partial charge in [-0.3, -0.25) is 9.52 Å². The molecule has 0 unspecified atom stereocenters. The average Bonchev–Trinajstić information content (AvgIpc) is 3.14. The Balaban J connectivity index is 1.76. The lowest BCUT2D eigenvalue weighted by atomic mass is 10.2. The molecule has 1 amide bonds. The van der Waals surface area contributed by atoms with E-state index >= 15 is 0 Å². The summed E-state index contributed by atoms with van der Waals surface area (Å²) < 4.78 is 32.8. The van der Waals surface area contributed by atoms with Crippen LogP contribution in [0.5, 0.6) is 0 Å². The van der Waals surface area contributed by atoms with Crippen LogP contribution < -0.4 is 4.72 Å². The molecule has 0 saturated carbocycles. The summed E-state index contributed by atoms with van der Waals surface area (Å²) in [5.41, 5.74) is 1.68. The highest BCUT2D eigenvalue weighted by atomic mass is 32.2. The van der Waals surface area contributed by atoms with Crippen LogP contribution in [-0.4, -0.2) is 26.3 Å². The summed E-state index contributed by atoms with van der Waals surface area (Å²) in [6.07, 6.45) is 1.55. The fourth-order valence-electron chi connectivity index (χ4n) is 2.58. The number of hydrogen-bond donors (Lipinski definition) is 1. The number of amides is 1. The zero-order valence-corrected chi connectivity index (χ0v) is 15.9. The number of nitrogens with zero attached hydrogens (tertiary/aromatic N) is 1. The Morgan fingerprint density at radius 2 is 1.81 bits per heavy atom. The molecule has 0 fully saturated rings. The lowest BCUT2D eigenvalue weighted by molar-refractivity contribution is 0.0775.